The van der Waals surface area contributed by atoms with Gasteiger partial charge in [0, 0.05) is 5.70 Å². The molecule has 2 N–H and O–H groups in total. The molecule has 0 saturated carbocycles. The predicted octanol–water partition coefficient (Wildman–Crippen LogP) is 4.53. The maximum Gasteiger partial charge on any atom is 0.416 e. The van der Waals surface area contributed by atoms with Gasteiger partial charge in [0.25, 0.3) is 0 Å². The number of amides is 2. The third-order valence-corrected chi connectivity index (χ3v) is 5.79. The third-order valence-electron chi connectivity index (χ3n) is 5.79. The van der Waals surface area contributed by atoms with Crippen molar-refractivity contribution in [2.24, 2.45) is 0 Å². The van der Waals surface area contributed by atoms with E-state index in [2.05, 4.69) is 11.1 Å². The number of aliphatic hydroxyl groups excluding tert-OH is 1. The van der Waals surface area contributed by atoms with Crippen LogP contribution in [0.2, 0.25) is 0 Å². The maximum atomic E-state index is 13.8. The average molecular weight is 509 g/mol. The molecule has 0 aliphatic carbocycles. The smallest absolute Gasteiger partial charge is 0.416 e. The monoisotopic (exact) mass is 509 g/mol. The molecule has 1 aromatic heterocycles. The predicted molar refractivity (Wildman–Crippen MR) is 121 cm³/mol. The van der Waals surface area contributed by atoms with Crippen molar-refractivity contribution in [2.75, 3.05) is 4.90 Å². The van der Waals surface area contributed by atoms with Crippen molar-refractivity contribution < 1.29 is 32.6 Å². The fourth-order valence-electron chi connectivity index (χ4n) is 4.03. The van der Waals surface area contributed by atoms with Gasteiger partial charge >= 0.3 is 12.2 Å². The number of allylic oxidation sites excluding steroid dienone is 1. The number of hydrogen-bond donors (Lipinski definition) is 2. The molecule has 1 atom stereocenters. The van der Waals surface area contributed by atoms with E-state index in [4.69, 9.17) is 9.68 Å². The minimum Gasteiger partial charge on any atom is -0.447 e. The fraction of sp³-hybridized carbons (Fsp3) is 0.200. The Bertz CT molecular complexity index is 1450. The van der Waals surface area contributed by atoms with Crippen molar-refractivity contribution in [3.63, 3.8) is 0 Å². The second kappa shape index (κ2) is 9.78. The number of urea groups is 1. The second-order valence-corrected chi connectivity index (χ2v) is 8.08. The van der Waals surface area contributed by atoms with Gasteiger partial charge in [0.2, 0.25) is 5.89 Å². The quantitative estimate of drug-likeness (QED) is 0.482. The molecule has 12 heteroatoms. The maximum absolute atomic E-state index is 13.8. The Morgan fingerprint density at radius 3 is 2.41 bits per heavy atom. The third kappa shape index (κ3) is 4.89. The van der Waals surface area contributed by atoms with Gasteiger partial charge in [0.1, 0.15) is 18.5 Å². The SMILES string of the molecule is CC1=C(C#N)C(c2ccc(C#N)cc2)N(Cc2nc(C(O)O)co2)C(=O)N1c1cccc(C(F)(F)F)c1. The molecule has 0 spiro atoms. The zero-order valence-electron chi connectivity index (χ0n) is 19.1. The van der Waals surface area contributed by atoms with Crippen molar-refractivity contribution in [2.45, 2.75) is 32.0 Å². The number of alkyl halides is 3. The Kier molecular flexibility index (Phi) is 6.72. The van der Waals surface area contributed by atoms with Crippen molar-refractivity contribution in [1.82, 2.24) is 9.88 Å². The molecule has 188 valence electrons. The Labute approximate surface area is 208 Å². The van der Waals surface area contributed by atoms with Crippen LogP contribution in [0.4, 0.5) is 23.7 Å². The molecular weight excluding hydrogens is 491 g/mol. The zero-order chi connectivity index (χ0) is 26.9. The lowest BCUT2D eigenvalue weighted by atomic mass is 9.93. The number of hydrogen-bond acceptors (Lipinski definition) is 7. The molecule has 4 rings (SSSR count). The molecule has 2 amide bonds. The largest absolute Gasteiger partial charge is 0.447 e. The van der Waals surface area contributed by atoms with Crippen LogP contribution in [0.15, 0.2) is 70.5 Å². The lowest BCUT2D eigenvalue weighted by molar-refractivity contribution is -0.137. The topological polar surface area (TPSA) is 138 Å². The summed E-state index contributed by atoms with van der Waals surface area (Å²) in [6.07, 6.45) is -5.60. The number of anilines is 1. The van der Waals surface area contributed by atoms with Gasteiger partial charge < -0.3 is 19.5 Å². The standard InChI is InChI=1S/C25H18F3N5O4/c1-14-19(11-30)22(16-7-5-15(10-29)6-8-16)32(12-21-31-20(13-37-21)23(34)35)24(36)33(14)18-4-2-3-17(9-18)25(26,27)28/h2-9,13,22-23,34-35H,12H2,1H3. The Hall–Kier alpha value is -4.65. The van der Waals surface area contributed by atoms with Crippen molar-refractivity contribution >= 4 is 11.7 Å². The number of aliphatic hydroxyl groups is 2. The van der Waals surface area contributed by atoms with Crippen LogP contribution >= 0.6 is 0 Å². The molecule has 37 heavy (non-hydrogen) atoms. The summed E-state index contributed by atoms with van der Waals surface area (Å²) in [5, 5.41) is 37.9. The van der Waals surface area contributed by atoms with E-state index in [1.807, 2.05) is 6.07 Å². The highest BCUT2D eigenvalue weighted by molar-refractivity contribution is 5.97. The first-order chi connectivity index (χ1) is 17.5. The van der Waals surface area contributed by atoms with Crippen molar-refractivity contribution in [3.8, 4) is 12.1 Å². The number of carbonyl (C=O) groups excluding carboxylic acids is 1. The number of nitriles is 2. The van der Waals surface area contributed by atoms with E-state index >= 15 is 0 Å². The molecule has 9 nitrogen and oxygen atoms in total. The van der Waals surface area contributed by atoms with Crippen LogP contribution in [0.25, 0.3) is 0 Å². The van der Waals surface area contributed by atoms with E-state index in [-0.39, 0.29) is 35.1 Å². The van der Waals surface area contributed by atoms with E-state index in [9.17, 15) is 33.4 Å². The second-order valence-electron chi connectivity index (χ2n) is 8.08. The van der Waals surface area contributed by atoms with Crippen LogP contribution in [0.5, 0.6) is 0 Å². The molecule has 0 saturated heterocycles. The molecule has 3 aromatic rings. The summed E-state index contributed by atoms with van der Waals surface area (Å²) in [4.78, 5) is 19.9. The van der Waals surface area contributed by atoms with Crippen LogP contribution in [0.1, 0.15) is 47.5 Å². The summed E-state index contributed by atoms with van der Waals surface area (Å²) < 4.78 is 45.4. The molecule has 2 heterocycles. The number of nitrogens with zero attached hydrogens (tertiary/aromatic N) is 5. The first-order valence-electron chi connectivity index (χ1n) is 10.7. The minimum atomic E-state index is -4.66. The normalized spacial score (nSPS) is 16.2. The van der Waals surface area contributed by atoms with Gasteiger partial charge in [-0.15, -0.1) is 0 Å². The molecule has 0 radical (unpaired) electrons. The Morgan fingerprint density at radius 2 is 1.84 bits per heavy atom. The van der Waals surface area contributed by atoms with Crippen LogP contribution in [-0.4, -0.2) is 26.1 Å². The van der Waals surface area contributed by atoms with Crippen LogP contribution in [-0.2, 0) is 12.7 Å². The number of benzene rings is 2. The van der Waals surface area contributed by atoms with E-state index in [0.717, 1.165) is 29.4 Å². The van der Waals surface area contributed by atoms with Gasteiger partial charge in [-0.05, 0) is 42.8 Å². The number of oxazole rings is 1. The molecule has 2 aromatic carbocycles. The lowest BCUT2D eigenvalue weighted by Gasteiger charge is -2.41. The first-order valence-corrected chi connectivity index (χ1v) is 10.7. The summed E-state index contributed by atoms with van der Waals surface area (Å²) in [5.41, 5.74) is -0.299. The van der Waals surface area contributed by atoms with Crippen LogP contribution in [0, 0.1) is 22.7 Å². The van der Waals surface area contributed by atoms with Crippen molar-refractivity contribution in [3.05, 3.63) is 94.3 Å². The zero-order valence-corrected chi connectivity index (χ0v) is 19.1. The van der Waals surface area contributed by atoms with Gasteiger partial charge in [-0.2, -0.15) is 23.7 Å². The molecule has 1 aliphatic rings. The van der Waals surface area contributed by atoms with Crippen LogP contribution in [0.3, 0.4) is 0 Å². The molecule has 0 bridgehead atoms. The van der Waals surface area contributed by atoms with Crippen LogP contribution < -0.4 is 4.90 Å². The molecule has 1 aliphatic heterocycles. The summed E-state index contributed by atoms with van der Waals surface area (Å²) in [7, 11) is 0. The number of aromatic nitrogens is 1. The van der Waals surface area contributed by atoms with E-state index in [0.29, 0.717) is 11.1 Å². The van der Waals surface area contributed by atoms with Gasteiger partial charge in [0.15, 0.2) is 6.29 Å². The highest BCUT2D eigenvalue weighted by Gasteiger charge is 2.41. The summed E-state index contributed by atoms with van der Waals surface area (Å²) in [5.74, 6) is -0.101. The van der Waals surface area contributed by atoms with Gasteiger partial charge in [-0.1, -0.05) is 18.2 Å². The number of halogens is 3. The highest BCUT2D eigenvalue weighted by Crippen LogP contribution is 2.41. The summed E-state index contributed by atoms with van der Waals surface area (Å²) >= 11 is 0. The van der Waals surface area contributed by atoms with Gasteiger partial charge in [0.05, 0.1) is 40.6 Å². The fourth-order valence-corrected chi connectivity index (χ4v) is 4.03. The Balaban J connectivity index is 1.87. The number of carbonyl (C=O) groups is 1. The number of rotatable bonds is 5. The van der Waals surface area contributed by atoms with E-state index in [1.165, 1.54) is 30.0 Å². The van der Waals surface area contributed by atoms with Gasteiger partial charge in [-0.25, -0.2) is 9.78 Å². The minimum absolute atomic E-state index is 0.0655. The van der Waals surface area contributed by atoms with E-state index in [1.54, 1.807) is 12.1 Å². The average Bonchev–Trinajstić information content (AvgIpc) is 3.34. The van der Waals surface area contributed by atoms with Crippen molar-refractivity contribution in [1.29, 1.82) is 10.5 Å². The Morgan fingerprint density at radius 1 is 1.14 bits per heavy atom. The van der Waals surface area contributed by atoms with Gasteiger partial charge in [-0.3, -0.25) is 4.90 Å². The lowest BCUT2D eigenvalue weighted by Crippen LogP contribution is -2.49. The molecular formula is C25H18F3N5O4. The highest BCUT2D eigenvalue weighted by atomic mass is 19.4. The molecule has 1 unspecified atom stereocenters. The summed E-state index contributed by atoms with van der Waals surface area (Å²) in [6.45, 7) is 1.10. The van der Waals surface area contributed by atoms with E-state index < -0.39 is 30.1 Å². The molecule has 0 fully saturated rings. The summed E-state index contributed by atoms with van der Waals surface area (Å²) in [6, 6.07) is 12.6. The first kappa shape index (κ1) is 25.4.